The minimum absolute atomic E-state index is 0.181. The first-order valence-corrected chi connectivity index (χ1v) is 8.23. The highest BCUT2D eigenvalue weighted by Crippen LogP contribution is 2.31. The van der Waals surface area contributed by atoms with Crippen molar-refractivity contribution in [3.63, 3.8) is 0 Å². The Morgan fingerprint density at radius 3 is 2.50 bits per heavy atom. The lowest BCUT2D eigenvalue weighted by Crippen LogP contribution is -2.40. The molecular formula is C8H10Cl2N2O2S2. The van der Waals surface area contributed by atoms with Gasteiger partial charge < -0.3 is 4.90 Å². The Labute approximate surface area is 108 Å². The summed E-state index contributed by atoms with van der Waals surface area (Å²) in [6, 6.07) is 0. The number of rotatable bonds is 2. The van der Waals surface area contributed by atoms with Crippen LogP contribution >= 0.6 is 34.5 Å². The standard InChI is InChI=1S/C8H10Cl2N2O2S2/c9-5-6-7(10)11-8(15-6)12-1-3-16(13,14)4-2-12/h1-5H2. The van der Waals surface area contributed by atoms with Gasteiger partial charge in [0.15, 0.2) is 15.0 Å². The highest BCUT2D eigenvalue weighted by Gasteiger charge is 2.24. The van der Waals surface area contributed by atoms with Crippen molar-refractivity contribution < 1.29 is 8.42 Å². The zero-order chi connectivity index (χ0) is 11.8. The van der Waals surface area contributed by atoms with Crippen LogP contribution in [0.5, 0.6) is 0 Å². The number of thiazole rings is 1. The average molecular weight is 301 g/mol. The average Bonchev–Trinajstić information content (AvgIpc) is 2.59. The third-order valence-electron chi connectivity index (χ3n) is 2.37. The van der Waals surface area contributed by atoms with E-state index in [1.807, 2.05) is 4.90 Å². The minimum atomic E-state index is -2.86. The van der Waals surface area contributed by atoms with E-state index in [0.29, 0.717) is 24.1 Å². The van der Waals surface area contributed by atoms with Crippen molar-refractivity contribution in [1.29, 1.82) is 0 Å². The molecule has 0 bridgehead atoms. The molecule has 0 atom stereocenters. The quantitative estimate of drug-likeness (QED) is 0.781. The molecule has 0 amide bonds. The van der Waals surface area contributed by atoms with E-state index in [4.69, 9.17) is 23.2 Å². The molecule has 1 aromatic rings. The predicted molar refractivity (Wildman–Crippen MR) is 67.5 cm³/mol. The van der Waals surface area contributed by atoms with Crippen LogP contribution in [0.4, 0.5) is 5.13 Å². The first-order chi connectivity index (χ1) is 7.52. The van der Waals surface area contributed by atoms with Crippen molar-refractivity contribution in [2.45, 2.75) is 5.88 Å². The molecule has 16 heavy (non-hydrogen) atoms. The normalized spacial score (nSPS) is 20.0. The van der Waals surface area contributed by atoms with Gasteiger partial charge in [0.1, 0.15) is 5.15 Å². The van der Waals surface area contributed by atoms with E-state index in [0.717, 1.165) is 10.0 Å². The lowest BCUT2D eigenvalue weighted by Gasteiger charge is -2.25. The fraction of sp³-hybridized carbons (Fsp3) is 0.625. The fourth-order valence-corrected chi connectivity index (χ4v) is 4.17. The molecule has 90 valence electrons. The Bertz CT molecular complexity index is 472. The number of sulfone groups is 1. The lowest BCUT2D eigenvalue weighted by molar-refractivity contribution is 0.586. The molecule has 4 nitrogen and oxygen atoms in total. The van der Waals surface area contributed by atoms with Crippen molar-refractivity contribution >= 4 is 49.5 Å². The van der Waals surface area contributed by atoms with Crippen LogP contribution in [0, 0.1) is 0 Å². The van der Waals surface area contributed by atoms with Gasteiger partial charge in [-0.05, 0) is 0 Å². The molecule has 0 radical (unpaired) electrons. The number of halogens is 2. The van der Waals surface area contributed by atoms with E-state index in [2.05, 4.69) is 4.98 Å². The van der Waals surface area contributed by atoms with Gasteiger partial charge in [-0.3, -0.25) is 0 Å². The molecule has 0 unspecified atom stereocenters. The molecule has 0 aromatic carbocycles. The number of alkyl halides is 1. The monoisotopic (exact) mass is 300 g/mol. The largest absolute Gasteiger partial charge is 0.346 e. The van der Waals surface area contributed by atoms with E-state index >= 15 is 0 Å². The van der Waals surface area contributed by atoms with Crippen molar-refractivity contribution in [2.24, 2.45) is 0 Å². The van der Waals surface area contributed by atoms with Crippen LogP contribution in [0.2, 0.25) is 5.15 Å². The van der Waals surface area contributed by atoms with E-state index in [1.165, 1.54) is 11.3 Å². The van der Waals surface area contributed by atoms with Gasteiger partial charge in [-0.25, -0.2) is 13.4 Å². The summed E-state index contributed by atoms with van der Waals surface area (Å²) in [5, 5.41) is 1.18. The second-order valence-corrected chi connectivity index (χ2v) is 7.47. The van der Waals surface area contributed by atoms with Gasteiger partial charge in [0.25, 0.3) is 0 Å². The van der Waals surface area contributed by atoms with Crippen LogP contribution in [0.3, 0.4) is 0 Å². The number of aromatic nitrogens is 1. The van der Waals surface area contributed by atoms with Gasteiger partial charge in [0, 0.05) is 13.1 Å². The Morgan fingerprint density at radius 1 is 1.38 bits per heavy atom. The maximum absolute atomic E-state index is 11.3. The zero-order valence-corrected chi connectivity index (χ0v) is 11.5. The molecule has 1 aliphatic rings. The third-order valence-corrected chi connectivity index (χ3v) is 5.95. The van der Waals surface area contributed by atoms with Gasteiger partial charge in [-0.2, -0.15) is 0 Å². The molecule has 2 heterocycles. The summed E-state index contributed by atoms with van der Waals surface area (Å²) in [5.74, 6) is 0.698. The molecule has 0 aliphatic carbocycles. The first kappa shape index (κ1) is 12.4. The van der Waals surface area contributed by atoms with Crippen LogP contribution < -0.4 is 4.90 Å². The maximum atomic E-state index is 11.3. The molecule has 8 heteroatoms. The summed E-state index contributed by atoms with van der Waals surface area (Å²) < 4.78 is 22.5. The lowest BCUT2D eigenvalue weighted by atomic mass is 10.5. The smallest absolute Gasteiger partial charge is 0.187 e. The van der Waals surface area contributed by atoms with Crippen LogP contribution in [0.25, 0.3) is 0 Å². The van der Waals surface area contributed by atoms with Crippen LogP contribution in [-0.2, 0) is 15.7 Å². The molecule has 1 saturated heterocycles. The number of nitrogens with zero attached hydrogens (tertiary/aromatic N) is 2. The van der Waals surface area contributed by atoms with Crippen molar-refractivity contribution in [3.05, 3.63) is 10.0 Å². The Kier molecular flexibility index (Phi) is 3.63. The molecule has 0 saturated carbocycles. The summed E-state index contributed by atoms with van der Waals surface area (Å²) in [7, 11) is -2.86. The number of hydrogen-bond donors (Lipinski definition) is 0. The molecule has 0 N–H and O–H groups in total. The Hall–Kier alpha value is -0.0400. The van der Waals surface area contributed by atoms with Crippen LogP contribution in [-0.4, -0.2) is 38.0 Å². The van der Waals surface area contributed by atoms with Gasteiger partial charge in [0.2, 0.25) is 0 Å². The molecule has 1 fully saturated rings. The fourth-order valence-electron chi connectivity index (χ4n) is 1.44. The number of hydrogen-bond acceptors (Lipinski definition) is 5. The molecule has 1 aromatic heterocycles. The second kappa shape index (κ2) is 4.68. The predicted octanol–water partition coefficient (Wildman–Crippen LogP) is 1.77. The topological polar surface area (TPSA) is 50.3 Å². The van der Waals surface area contributed by atoms with Crippen LogP contribution in [0.15, 0.2) is 0 Å². The Balaban J connectivity index is 2.14. The molecule has 2 rings (SSSR count). The van der Waals surface area contributed by atoms with E-state index in [-0.39, 0.29) is 11.5 Å². The van der Waals surface area contributed by atoms with Crippen LogP contribution in [0.1, 0.15) is 4.88 Å². The molecule has 0 spiro atoms. The summed E-state index contributed by atoms with van der Waals surface area (Å²) in [4.78, 5) is 6.95. The number of anilines is 1. The second-order valence-electron chi connectivity index (χ2n) is 3.48. The van der Waals surface area contributed by atoms with E-state index < -0.39 is 9.84 Å². The maximum Gasteiger partial charge on any atom is 0.187 e. The molecular weight excluding hydrogens is 291 g/mol. The third kappa shape index (κ3) is 2.61. The minimum Gasteiger partial charge on any atom is -0.346 e. The highest BCUT2D eigenvalue weighted by molar-refractivity contribution is 7.91. The molecule has 1 aliphatic heterocycles. The highest BCUT2D eigenvalue weighted by atomic mass is 35.5. The van der Waals surface area contributed by atoms with Gasteiger partial charge in [-0.1, -0.05) is 22.9 Å². The first-order valence-electron chi connectivity index (χ1n) is 4.68. The zero-order valence-electron chi connectivity index (χ0n) is 8.32. The van der Waals surface area contributed by atoms with Crippen molar-refractivity contribution in [2.75, 3.05) is 29.5 Å². The van der Waals surface area contributed by atoms with E-state index in [9.17, 15) is 8.42 Å². The van der Waals surface area contributed by atoms with Crippen molar-refractivity contribution in [1.82, 2.24) is 4.98 Å². The van der Waals surface area contributed by atoms with Gasteiger partial charge in [0.05, 0.1) is 22.3 Å². The van der Waals surface area contributed by atoms with Gasteiger partial charge >= 0.3 is 0 Å². The SMILES string of the molecule is O=S1(=O)CCN(c2nc(Cl)c(CCl)s2)CC1. The summed E-state index contributed by atoms with van der Waals surface area (Å²) >= 11 is 13.0. The summed E-state index contributed by atoms with van der Waals surface area (Å²) in [6.07, 6.45) is 0. The van der Waals surface area contributed by atoms with Crippen molar-refractivity contribution in [3.8, 4) is 0 Å². The summed E-state index contributed by atoms with van der Waals surface area (Å²) in [6.45, 7) is 0.960. The Morgan fingerprint density at radius 2 is 2.00 bits per heavy atom. The van der Waals surface area contributed by atoms with Gasteiger partial charge in [-0.15, -0.1) is 11.6 Å². The van der Waals surface area contributed by atoms with E-state index in [1.54, 1.807) is 0 Å². The summed E-state index contributed by atoms with van der Waals surface area (Å²) in [5.41, 5.74) is 0.